The van der Waals surface area contributed by atoms with E-state index in [1.807, 2.05) is 41.5 Å². The maximum atomic E-state index is 5.77. The summed E-state index contributed by atoms with van der Waals surface area (Å²) in [4.78, 5) is 0. The van der Waals surface area contributed by atoms with Crippen molar-refractivity contribution < 1.29 is 28.4 Å². The first-order valence-corrected chi connectivity index (χ1v) is 9.06. The van der Waals surface area contributed by atoms with Gasteiger partial charge in [-0.2, -0.15) is 0 Å². The van der Waals surface area contributed by atoms with Crippen molar-refractivity contribution in [1.82, 2.24) is 0 Å². The van der Waals surface area contributed by atoms with E-state index in [0.29, 0.717) is 39.6 Å². The standard InChI is InChI=1S/C18H36O6/c1-13-7-20-15(3)9-22-17(5)11-24-18(6)12-23-16(4)10-21-14(2)8-19-13/h13-18H,7-12H2,1-6H3. The highest BCUT2D eigenvalue weighted by Crippen LogP contribution is 2.05. The summed E-state index contributed by atoms with van der Waals surface area (Å²) in [5.41, 5.74) is 0. The largest absolute Gasteiger partial charge is 0.373 e. The third-order valence-corrected chi connectivity index (χ3v) is 3.69. The van der Waals surface area contributed by atoms with E-state index in [1.54, 1.807) is 0 Å². The summed E-state index contributed by atoms with van der Waals surface area (Å²) in [6.07, 6.45) is 0.126. The normalized spacial score (nSPS) is 39.8. The van der Waals surface area contributed by atoms with Crippen molar-refractivity contribution in [3.05, 3.63) is 0 Å². The monoisotopic (exact) mass is 348 g/mol. The van der Waals surface area contributed by atoms with Crippen LogP contribution in [0.5, 0.6) is 0 Å². The third-order valence-electron chi connectivity index (χ3n) is 3.69. The van der Waals surface area contributed by atoms with Crippen molar-refractivity contribution in [2.45, 2.75) is 78.2 Å². The van der Waals surface area contributed by atoms with Crippen LogP contribution >= 0.6 is 0 Å². The molecule has 0 aromatic carbocycles. The minimum Gasteiger partial charge on any atom is -0.373 e. The van der Waals surface area contributed by atoms with Crippen LogP contribution in [-0.4, -0.2) is 76.3 Å². The van der Waals surface area contributed by atoms with E-state index in [0.717, 1.165) is 0 Å². The fourth-order valence-corrected chi connectivity index (χ4v) is 2.09. The zero-order chi connectivity index (χ0) is 17.9. The predicted octanol–water partition coefficient (Wildman–Crippen LogP) is 2.43. The molecule has 144 valence electrons. The first-order valence-electron chi connectivity index (χ1n) is 9.06. The molecule has 1 aliphatic heterocycles. The minimum absolute atomic E-state index is 0.0210. The van der Waals surface area contributed by atoms with Crippen molar-refractivity contribution in [2.75, 3.05) is 39.6 Å². The quantitative estimate of drug-likeness (QED) is 0.670. The van der Waals surface area contributed by atoms with Gasteiger partial charge in [0.05, 0.1) is 76.3 Å². The summed E-state index contributed by atoms with van der Waals surface area (Å²) < 4.78 is 34.6. The van der Waals surface area contributed by atoms with Crippen LogP contribution in [-0.2, 0) is 28.4 Å². The Morgan fingerprint density at radius 2 is 0.458 bits per heavy atom. The Kier molecular flexibility index (Phi) is 11.1. The molecule has 6 nitrogen and oxygen atoms in total. The Morgan fingerprint density at radius 1 is 0.333 bits per heavy atom. The van der Waals surface area contributed by atoms with Crippen molar-refractivity contribution in [2.24, 2.45) is 0 Å². The molecule has 0 bridgehead atoms. The van der Waals surface area contributed by atoms with Gasteiger partial charge in [0.25, 0.3) is 0 Å². The van der Waals surface area contributed by atoms with E-state index in [2.05, 4.69) is 0 Å². The molecule has 1 heterocycles. The highest BCUT2D eigenvalue weighted by Gasteiger charge is 2.15. The van der Waals surface area contributed by atoms with E-state index in [1.165, 1.54) is 0 Å². The van der Waals surface area contributed by atoms with Crippen molar-refractivity contribution in [3.8, 4) is 0 Å². The molecule has 0 aromatic heterocycles. The zero-order valence-electron chi connectivity index (χ0n) is 16.2. The average molecular weight is 348 g/mol. The molecule has 0 radical (unpaired) electrons. The van der Waals surface area contributed by atoms with Gasteiger partial charge in [-0.3, -0.25) is 0 Å². The Morgan fingerprint density at radius 3 is 0.583 bits per heavy atom. The van der Waals surface area contributed by atoms with Crippen molar-refractivity contribution in [3.63, 3.8) is 0 Å². The van der Waals surface area contributed by atoms with Crippen LogP contribution in [0.1, 0.15) is 41.5 Å². The molecule has 0 aromatic rings. The number of rotatable bonds is 0. The van der Waals surface area contributed by atoms with Crippen LogP contribution in [0.3, 0.4) is 0 Å². The van der Waals surface area contributed by atoms with E-state index in [-0.39, 0.29) is 36.6 Å². The van der Waals surface area contributed by atoms with Gasteiger partial charge in [0.2, 0.25) is 0 Å². The maximum Gasteiger partial charge on any atom is 0.0781 e. The SMILES string of the molecule is CC1COC(C)COC(C)COC(C)COC(C)COC(C)CO1. The zero-order valence-corrected chi connectivity index (χ0v) is 16.2. The molecule has 24 heavy (non-hydrogen) atoms. The van der Waals surface area contributed by atoms with Gasteiger partial charge in [-0.1, -0.05) is 0 Å². The van der Waals surface area contributed by atoms with Gasteiger partial charge in [0.15, 0.2) is 0 Å². The number of hydrogen-bond donors (Lipinski definition) is 0. The summed E-state index contributed by atoms with van der Waals surface area (Å²) in [7, 11) is 0. The smallest absolute Gasteiger partial charge is 0.0781 e. The van der Waals surface area contributed by atoms with Crippen LogP contribution in [0.4, 0.5) is 0 Å². The number of hydrogen-bond acceptors (Lipinski definition) is 6. The molecule has 1 rings (SSSR count). The van der Waals surface area contributed by atoms with Gasteiger partial charge >= 0.3 is 0 Å². The molecule has 0 amide bonds. The van der Waals surface area contributed by atoms with Gasteiger partial charge in [0.1, 0.15) is 0 Å². The lowest BCUT2D eigenvalue weighted by atomic mass is 10.3. The summed E-state index contributed by atoms with van der Waals surface area (Å²) in [6, 6.07) is 0. The summed E-state index contributed by atoms with van der Waals surface area (Å²) >= 11 is 0. The lowest BCUT2D eigenvalue weighted by Gasteiger charge is -2.24. The van der Waals surface area contributed by atoms with Crippen LogP contribution < -0.4 is 0 Å². The molecule has 1 fully saturated rings. The van der Waals surface area contributed by atoms with Gasteiger partial charge in [0, 0.05) is 0 Å². The molecule has 6 heteroatoms. The van der Waals surface area contributed by atoms with Gasteiger partial charge < -0.3 is 28.4 Å². The van der Waals surface area contributed by atoms with Crippen molar-refractivity contribution in [1.29, 1.82) is 0 Å². The van der Waals surface area contributed by atoms with Crippen LogP contribution in [0.2, 0.25) is 0 Å². The van der Waals surface area contributed by atoms with E-state index < -0.39 is 0 Å². The second-order valence-electron chi connectivity index (χ2n) is 6.86. The van der Waals surface area contributed by atoms with Gasteiger partial charge in [-0.05, 0) is 41.5 Å². The molecule has 0 saturated carbocycles. The molecule has 0 aliphatic carbocycles. The van der Waals surface area contributed by atoms with Gasteiger partial charge in [-0.15, -0.1) is 0 Å². The Labute approximate surface area is 147 Å². The summed E-state index contributed by atoms with van der Waals surface area (Å²) in [5.74, 6) is 0. The fourth-order valence-electron chi connectivity index (χ4n) is 2.09. The van der Waals surface area contributed by atoms with Crippen LogP contribution in [0, 0.1) is 0 Å². The minimum atomic E-state index is 0.0210. The first kappa shape index (κ1) is 21.8. The summed E-state index contributed by atoms with van der Waals surface area (Å²) in [6.45, 7) is 15.3. The van der Waals surface area contributed by atoms with Crippen LogP contribution in [0.25, 0.3) is 0 Å². The highest BCUT2D eigenvalue weighted by atomic mass is 16.6. The average Bonchev–Trinajstić information content (AvgIpc) is 2.56. The number of ether oxygens (including phenoxy) is 6. The van der Waals surface area contributed by atoms with Crippen LogP contribution in [0.15, 0.2) is 0 Å². The van der Waals surface area contributed by atoms with Gasteiger partial charge in [-0.25, -0.2) is 0 Å². The highest BCUT2D eigenvalue weighted by molar-refractivity contribution is 4.60. The topological polar surface area (TPSA) is 55.4 Å². The molecule has 1 saturated heterocycles. The van der Waals surface area contributed by atoms with Crippen molar-refractivity contribution >= 4 is 0 Å². The first-order chi connectivity index (χ1) is 11.4. The molecule has 0 spiro atoms. The van der Waals surface area contributed by atoms with E-state index in [4.69, 9.17) is 28.4 Å². The predicted molar refractivity (Wildman–Crippen MR) is 92.5 cm³/mol. The Balaban J connectivity index is 2.47. The molecule has 1 aliphatic rings. The molecule has 0 N–H and O–H groups in total. The Bertz CT molecular complexity index is 212. The van der Waals surface area contributed by atoms with E-state index >= 15 is 0 Å². The molecule has 6 unspecified atom stereocenters. The lowest BCUT2D eigenvalue weighted by molar-refractivity contribution is -0.119. The second-order valence-corrected chi connectivity index (χ2v) is 6.86. The lowest BCUT2D eigenvalue weighted by Crippen LogP contribution is -2.31. The molecule has 6 atom stereocenters. The summed E-state index contributed by atoms with van der Waals surface area (Å²) in [5, 5.41) is 0. The second kappa shape index (κ2) is 12.2. The fraction of sp³-hybridized carbons (Fsp3) is 1.00. The van der Waals surface area contributed by atoms with E-state index in [9.17, 15) is 0 Å². The molecular weight excluding hydrogens is 312 g/mol. The maximum absolute atomic E-state index is 5.77. The molecular formula is C18H36O6. The third kappa shape index (κ3) is 10.6. The Hall–Kier alpha value is -0.240.